The molecule has 4 heteroatoms. The highest BCUT2D eigenvalue weighted by Crippen LogP contribution is 2.39. The molecule has 2 aliphatic rings. The van der Waals surface area contributed by atoms with E-state index in [4.69, 9.17) is 4.98 Å². The number of nitrogens with zero attached hydrogens (tertiary/aromatic N) is 2. The van der Waals surface area contributed by atoms with Crippen molar-refractivity contribution in [3.05, 3.63) is 10.6 Å². The summed E-state index contributed by atoms with van der Waals surface area (Å²) in [4.78, 5) is 9.21. The van der Waals surface area contributed by atoms with Crippen LogP contribution in [0.4, 0.5) is 5.13 Å². The molecule has 1 fully saturated rings. The molecule has 1 N–H and O–H groups in total. The van der Waals surface area contributed by atoms with Crippen LogP contribution in [0.2, 0.25) is 0 Å². The van der Waals surface area contributed by atoms with E-state index >= 15 is 0 Å². The Labute approximate surface area is 133 Å². The average Bonchev–Trinajstić information content (AvgIpc) is 3.10. The fourth-order valence-electron chi connectivity index (χ4n) is 3.77. The van der Waals surface area contributed by atoms with Gasteiger partial charge in [-0.3, -0.25) is 0 Å². The summed E-state index contributed by atoms with van der Waals surface area (Å²) in [5.74, 6) is 0.724. The van der Waals surface area contributed by atoms with Gasteiger partial charge in [0.05, 0.1) is 11.7 Å². The molecule has 0 spiro atoms. The molecule has 118 valence electrons. The molecule has 0 aromatic carbocycles. The second-order valence-corrected chi connectivity index (χ2v) is 7.91. The number of rotatable bonds is 5. The van der Waals surface area contributed by atoms with Crippen molar-refractivity contribution < 1.29 is 0 Å². The number of thiazole rings is 1. The Morgan fingerprint density at radius 1 is 1.33 bits per heavy atom. The Morgan fingerprint density at radius 3 is 2.95 bits per heavy atom. The number of fused-ring (bicyclic) bond motifs is 1. The molecule has 2 heterocycles. The fourth-order valence-corrected chi connectivity index (χ4v) is 5.02. The van der Waals surface area contributed by atoms with Crippen LogP contribution < -0.4 is 10.2 Å². The minimum absolute atomic E-state index is 0.499. The molecule has 0 saturated carbocycles. The standard InChI is InChI=1S/C17H29N3S/c1-4-10-18-13-7-5-9-15-16(13)19-17(21-15)20-11-6-8-14(20)12(2)3/h12-14,18H,4-11H2,1-3H3. The largest absolute Gasteiger partial charge is 0.345 e. The van der Waals surface area contributed by atoms with Crippen molar-refractivity contribution in [1.82, 2.24) is 10.3 Å². The minimum Gasteiger partial charge on any atom is -0.345 e. The van der Waals surface area contributed by atoms with Crippen molar-refractivity contribution in [1.29, 1.82) is 0 Å². The SMILES string of the molecule is CCCNC1CCCc2sc(N3CCCC3C(C)C)nc21. The van der Waals surface area contributed by atoms with Gasteiger partial charge in [0.25, 0.3) is 0 Å². The molecule has 3 rings (SSSR count). The van der Waals surface area contributed by atoms with E-state index in [0.717, 1.165) is 12.5 Å². The summed E-state index contributed by atoms with van der Waals surface area (Å²) in [6, 6.07) is 1.19. The Balaban J connectivity index is 1.81. The first-order valence-corrected chi connectivity index (χ1v) is 9.52. The van der Waals surface area contributed by atoms with Gasteiger partial charge in [0, 0.05) is 17.5 Å². The summed E-state index contributed by atoms with van der Waals surface area (Å²) in [6.07, 6.45) is 7.65. The topological polar surface area (TPSA) is 28.2 Å². The maximum absolute atomic E-state index is 5.08. The fraction of sp³-hybridized carbons (Fsp3) is 0.824. The van der Waals surface area contributed by atoms with E-state index < -0.39 is 0 Å². The third kappa shape index (κ3) is 3.11. The first-order valence-electron chi connectivity index (χ1n) is 8.70. The molecule has 0 radical (unpaired) electrons. The number of anilines is 1. The molecule has 1 aliphatic carbocycles. The molecule has 3 nitrogen and oxygen atoms in total. The van der Waals surface area contributed by atoms with Crippen LogP contribution in [-0.4, -0.2) is 24.1 Å². The first kappa shape index (κ1) is 15.3. The van der Waals surface area contributed by atoms with E-state index in [1.165, 1.54) is 55.9 Å². The Morgan fingerprint density at radius 2 is 2.19 bits per heavy atom. The van der Waals surface area contributed by atoms with Crippen LogP contribution in [0.3, 0.4) is 0 Å². The lowest BCUT2D eigenvalue weighted by molar-refractivity contribution is 0.453. The van der Waals surface area contributed by atoms with Gasteiger partial charge in [0.1, 0.15) is 0 Å². The quantitative estimate of drug-likeness (QED) is 0.886. The van der Waals surface area contributed by atoms with E-state index in [1.807, 2.05) is 11.3 Å². The molecular weight excluding hydrogens is 278 g/mol. The van der Waals surface area contributed by atoms with Crippen molar-refractivity contribution in [2.45, 2.75) is 71.4 Å². The number of nitrogens with one attached hydrogen (secondary N) is 1. The molecule has 1 aromatic rings. The zero-order chi connectivity index (χ0) is 14.8. The van der Waals surface area contributed by atoms with Gasteiger partial charge in [-0.2, -0.15) is 0 Å². The summed E-state index contributed by atoms with van der Waals surface area (Å²) < 4.78 is 0. The van der Waals surface area contributed by atoms with E-state index in [9.17, 15) is 0 Å². The minimum atomic E-state index is 0.499. The molecule has 2 atom stereocenters. The van der Waals surface area contributed by atoms with Gasteiger partial charge in [-0.15, -0.1) is 11.3 Å². The average molecular weight is 308 g/mol. The Bertz CT molecular complexity index is 469. The maximum atomic E-state index is 5.08. The van der Waals surface area contributed by atoms with Gasteiger partial charge >= 0.3 is 0 Å². The number of hydrogen-bond donors (Lipinski definition) is 1. The predicted octanol–water partition coefficient (Wildman–Crippen LogP) is 4.14. The van der Waals surface area contributed by atoms with E-state index in [0.29, 0.717) is 12.1 Å². The van der Waals surface area contributed by atoms with Crippen LogP contribution in [-0.2, 0) is 6.42 Å². The normalized spacial score (nSPS) is 25.6. The van der Waals surface area contributed by atoms with E-state index in [2.05, 4.69) is 31.0 Å². The Kier molecular flexibility index (Phi) is 4.85. The van der Waals surface area contributed by atoms with Gasteiger partial charge in [0.15, 0.2) is 5.13 Å². The lowest BCUT2D eigenvalue weighted by Crippen LogP contribution is -2.33. The molecular formula is C17H29N3S. The summed E-state index contributed by atoms with van der Waals surface area (Å²) in [5.41, 5.74) is 1.36. The third-order valence-electron chi connectivity index (χ3n) is 4.90. The summed E-state index contributed by atoms with van der Waals surface area (Å²) in [5, 5.41) is 4.98. The van der Waals surface area contributed by atoms with Crippen LogP contribution in [0, 0.1) is 5.92 Å². The molecule has 1 saturated heterocycles. The molecule has 0 bridgehead atoms. The van der Waals surface area contributed by atoms with Crippen LogP contribution in [0.15, 0.2) is 0 Å². The predicted molar refractivity (Wildman–Crippen MR) is 91.3 cm³/mol. The second kappa shape index (κ2) is 6.66. The van der Waals surface area contributed by atoms with Gasteiger partial charge in [-0.1, -0.05) is 20.8 Å². The zero-order valence-electron chi connectivity index (χ0n) is 13.7. The lowest BCUT2D eigenvalue weighted by atomic mass is 9.97. The maximum Gasteiger partial charge on any atom is 0.186 e. The van der Waals surface area contributed by atoms with Crippen molar-refractivity contribution in [3.8, 4) is 0 Å². The molecule has 2 unspecified atom stereocenters. The monoisotopic (exact) mass is 307 g/mol. The zero-order valence-corrected chi connectivity index (χ0v) is 14.5. The second-order valence-electron chi connectivity index (χ2n) is 6.85. The first-order chi connectivity index (χ1) is 10.2. The Hall–Kier alpha value is -0.610. The highest BCUT2D eigenvalue weighted by atomic mass is 32.1. The molecule has 21 heavy (non-hydrogen) atoms. The highest BCUT2D eigenvalue weighted by Gasteiger charge is 2.32. The van der Waals surface area contributed by atoms with Crippen LogP contribution in [0.25, 0.3) is 0 Å². The van der Waals surface area contributed by atoms with Crippen LogP contribution in [0.5, 0.6) is 0 Å². The van der Waals surface area contributed by atoms with Crippen molar-refractivity contribution in [3.63, 3.8) is 0 Å². The molecule has 1 aliphatic heterocycles. The number of hydrogen-bond acceptors (Lipinski definition) is 4. The van der Waals surface area contributed by atoms with Crippen LogP contribution in [0.1, 0.15) is 69.5 Å². The molecule has 1 aromatic heterocycles. The summed E-state index contributed by atoms with van der Waals surface area (Å²) in [7, 11) is 0. The summed E-state index contributed by atoms with van der Waals surface area (Å²) in [6.45, 7) is 9.24. The molecule has 0 amide bonds. The third-order valence-corrected chi connectivity index (χ3v) is 6.07. The number of aryl methyl sites for hydroxylation is 1. The van der Waals surface area contributed by atoms with Gasteiger partial charge in [-0.05, 0) is 51.0 Å². The highest BCUT2D eigenvalue weighted by molar-refractivity contribution is 7.15. The smallest absolute Gasteiger partial charge is 0.186 e. The van der Waals surface area contributed by atoms with Gasteiger partial charge in [0.2, 0.25) is 0 Å². The van der Waals surface area contributed by atoms with Crippen LogP contribution >= 0.6 is 11.3 Å². The van der Waals surface area contributed by atoms with Crippen molar-refractivity contribution in [2.24, 2.45) is 5.92 Å². The lowest BCUT2D eigenvalue weighted by Gasteiger charge is -2.27. The van der Waals surface area contributed by atoms with E-state index in [-0.39, 0.29) is 0 Å². The summed E-state index contributed by atoms with van der Waals surface area (Å²) >= 11 is 1.97. The van der Waals surface area contributed by atoms with E-state index in [1.54, 1.807) is 4.88 Å². The van der Waals surface area contributed by atoms with Gasteiger partial charge < -0.3 is 10.2 Å². The van der Waals surface area contributed by atoms with Gasteiger partial charge in [-0.25, -0.2) is 4.98 Å². The van der Waals surface area contributed by atoms with Crippen molar-refractivity contribution >= 4 is 16.5 Å². The number of aromatic nitrogens is 1. The van der Waals surface area contributed by atoms with Crippen molar-refractivity contribution in [2.75, 3.05) is 18.0 Å².